The number of hydrogen-bond acceptors (Lipinski definition) is 2. The first-order chi connectivity index (χ1) is 8.91. The van der Waals surface area contributed by atoms with Crippen molar-refractivity contribution in [1.29, 1.82) is 0 Å². The average molecular weight is 263 g/mol. The maximum Gasteiger partial charge on any atom is 0.255 e. The highest BCUT2D eigenvalue weighted by atomic mass is 16.2. The predicted molar refractivity (Wildman–Crippen MR) is 77.4 cm³/mol. The fourth-order valence-corrected chi connectivity index (χ4v) is 3.15. The van der Waals surface area contributed by atoms with E-state index in [-0.39, 0.29) is 11.9 Å². The van der Waals surface area contributed by atoms with E-state index in [2.05, 4.69) is 25.3 Å². The molecular weight excluding hydrogens is 238 g/mol. The van der Waals surface area contributed by atoms with Crippen LogP contribution in [0.1, 0.15) is 54.5 Å². The minimum atomic E-state index is 0.131. The molecule has 0 aromatic carbocycles. The lowest BCUT2D eigenvalue weighted by atomic mass is 10.1. The number of hydrogen-bond donors (Lipinski definition) is 1. The molecule has 4 heteroatoms. The standard InChI is InChI=1S/C15H25N3O/c1-10(2)18-11(3)8-14(12(18)4)15(19)17-7-5-6-13(16)9-17/h8,10,13H,5-7,9,16H2,1-4H3/t13-/m1/s1. The van der Waals surface area contributed by atoms with Gasteiger partial charge in [0.05, 0.1) is 5.56 Å². The van der Waals surface area contributed by atoms with Crippen LogP contribution in [-0.4, -0.2) is 34.5 Å². The molecule has 2 N–H and O–H groups in total. The Morgan fingerprint density at radius 1 is 1.42 bits per heavy atom. The highest BCUT2D eigenvalue weighted by Crippen LogP contribution is 2.22. The van der Waals surface area contributed by atoms with Crippen LogP contribution in [0.5, 0.6) is 0 Å². The molecule has 1 fully saturated rings. The Kier molecular flexibility index (Phi) is 3.99. The van der Waals surface area contributed by atoms with Gasteiger partial charge in [-0.2, -0.15) is 0 Å². The van der Waals surface area contributed by atoms with E-state index in [1.54, 1.807) is 0 Å². The van der Waals surface area contributed by atoms with E-state index in [0.29, 0.717) is 12.6 Å². The van der Waals surface area contributed by atoms with Crippen LogP contribution in [0.4, 0.5) is 0 Å². The Bertz CT molecular complexity index is 476. The van der Waals surface area contributed by atoms with E-state index < -0.39 is 0 Å². The molecule has 0 saturated carbocycles. The van der Waals surface area contributed by atoms with E-state index >= 15 is 0 Å². The van der Waals surface area contributed by atoms with E-state index in [1.165, 1.54) is 0 Å². The SMILES string of the molecule is Cc1cc(C(=O)N2CCC[C@@H](N)C2)c(C)n1C(C)C. The van der Waals surface area contributed by atoms with Gasteiger partial charge in [0, 0.05) is 36.6 Å². The van der Waals surface area contributed by atoms with E-state index in [9.17, 15) is 4.79 Å². The van der Waals surface area contributed by atoms with E-state index in [1.807, 2.05) is 17.9 Å². The number of nitrogens with two attached hydrogens (primary N) is 1. The maximum atomic E-state index is 12.6. The number of carbonyl (C=O) groups is 1. The number of nitrogens with zero attached hydrogens (tertiary/aromatic N) is 2. The number of aromatic nitrogens is 1. The number of carbonyl (C=O) groups excluding carboxylic acids is 1. The highest BCUT2D eigenvalue weighted by Gasteiger charge is 2.25. The Labute approximate surface area is 115 Å². The Morgan fingerprint density at radius 3 is 2.63 bits per heavy atom. The van der Waals surface area contributed by atoms with Gasteiger partial charge in [-0.15, -0.1) is 0 Å². The van der Waals surface area contributed by atoms with E-state index in [0.717, 1.165) is 36.3 Å². The fourth-order valence-electron chi connectivity index (χ4n) is 3.15. The molecule has 0 aliphatic carbocycles. The molecule has 0 spiro atoms. The Balaban J connectivity index is 2.27. The second-order valence-electron chi connectivity index (χ2n) is 5.90. The van der Waals surface area contributed by atoms with Crippen LogP contribution in [0.2, 0.25) is 0 Å². The van der Waals surface area contributed by atoms with Crippen molar-refractivity contribution in [3.05, 3.63) is 23.0 Å². The summed E-state index contributed by atoms with van der Waals surface area (Å²) in [5.41, 5.74) is 9.01. The number of amides is 1. The normalized spacial score (nSPS) is 20.1. The predicted octanol–water partition coefficient (Wildman–Crippen LogP) is 2.25. The largest absolute Gasteiger partial charge is 0.346 e. The van der Waals surface area contributed by atoms with Crippen LogP contribution in [0, 0.1) is 13.8 Å². The molecule has 4 nitrogen and oxygen atoms in total. The zero-order valence-electron chi connectivity index (χ0n) is 12.4. The van der Waals surface area contributed by atoms with Crippen molar-refractivity contribution < 1.29 is 4.79 Å². The molecule has 1 aromatic rings. The summed E-state index contributed by atoms with van der Waals surface area (Å²) >= 11 is 0. The third-order valence-corrected chi connectivity index (χ3v) is 3.98. The van der Waals surface area contributed by atoms with Crippen molar-refractivity contribution in [2.75, 3.05) is 13.1 Å². The van der Waals surface area contributed by atoms with Gasteiger partial charge in [-0.25, -0.2) is 0 Å². The lowest BCUT2D eigenvalue weighted by Gasteiger charge is -2.30. The second-order valence-corrected chi connectivity index (χ2v) is 5.90. The number of piperidine rings is 1. The minimum Gasteiger partial charge on any atom is -0.346 e. The summed E-state index contributed by atoms with van der Waals surface area (Å²) in [6.07, 6.45) is 2.03. The molecule has 1 amide bonds. The zero-order valence-corrected chi connectivity index (χ0v) is 12.4. The van der Waals surface area contributed by atoms with Gasteiger partial charge < -0.3 is 15.2 Å². The van der Waals surface area contributed by atoms with Crippen molar-refractivity contribution in [3.8, 4) is 0 Å². The molecule has 0 bridgehead atoms. The summed E-state index contributed by atoms with van der Waals surface area (Å²) in [6, 6.07) is 2.52. The third kappa shape index (κ3) is 2.68. The molecule has 1 aliphatic heterocycles. The van der Waals surface area contributed by atoms with E-state index in [4.69, 9.17) is 5.73 Å². The molecule has 2 rings (SSSR count). The highest BCUT2D eigenvalue weighted by molar-refractivity contribution is 5.95. The smallest absolute Gasteiger partial charge is 0.255 e. The van der Waals surface area contributed by atoms with Crippen molar-refractivity contribution >= 4 is 5.91 Å². The summed E-state index contributed by atoms with van der Waals surface area (Å²) < 4.78 is 2.22. The molecule has 19 heavy (non-hydrogen) atoms. The van der Waals surface area contributed by atoms with Gasteiger partial charge in [-0.1, -0.05) is 0 Å². The van der Waals surface area contributed by atoms with Crippen LogP contribution in [0.3, 0.4) is 0 Å². The lowest BCUT2D eigenvalue weighted by molar-refractivity contribution is 0.0708. The average Bonchev–Trinajstić information content (AvgIpc) is 2.63. The van der Waals surface area contributed by atoms with Gasteiger partial charge in [0.15, 0.2) is 0 Å². The molecular formula is C15H25N3O. The van der Waals surface area contributed by atoms with Crippen molar-refractivity contribution in [2.24, 2.45) is 5.73 Å². The zero-order chi connectivity index (χ0) is 14.2. The number of rotatable bonds is 2. The van der Waals surface area contributed by atoms with Gasteiger partial charge in [-0.05, 0) is 46.6 Å². The monoisotopic (exact) mass is 263 g/mol. The summed E-state index contributed by atoms with van der Waals surface area (Å²) in [5, 5.41) is 0. The fraction of sp³-hybridized carbons (Fsp3) is 0.667. The van der Waals surface area contributed by atoms with Crippen LogP contribution >= 0.6 is 0 Å². The van der Waals surface area contributed by atoms with Gasteiger partial charge in [-0.3, -0.25) is 4.79 Å². The minimum absolute atomic E-state index is 0.131. The number of aryl methyl sites for hydroxylation is 1. The first-order valence-electron chi connectivity index (χ1n) is 7.15. The number of likely N-dealkylation sites (tertiary alicyclic amines) is 1. The van der Waals surface area contributed by atoms with Crippen molar-refractivity contribution in [2.45, 2.75) is 52.6 Å². The molecule has 1 atom stereocenters. The quantitative estimate of drug-likeness (QED) is 0.889. The van der Waals surface area contributed by atoms with Crippen molar-refractivity contribution in [3.63, 3.8) is 0 Å². The van der Waals surface area contributed by atoms with Gasteiger partial charge in [0.25, 0.3) is 5.91 Å². The first-order valence-corrected chi connectivity index (χ1v) is 7.15. The van der Waals surface area contributed by atoms with Crippen LogP contribution in [0.15, 0.2) is 6.07 Å². The third-order valence-electron chi connectivity index (χ3n) is 3.98. The second kappa shape index (κ2) is 5.37. The molecule has 2 heterocycles. The van der Waals surface area contributed by atoms with Crippen LogP contribution in [0.25, 0.3) is 0 Å². The maximum absolute atomic E-state index is 12.6. The molecule has 1 aliphatic rings. The van der Waals surface area contributed by atoms with Crippen LogP contribution in [-0.2, 0) is 0 Å². The van der Waals surface area contributed by atoms with Gasteiger partial charge in [0.1, 0.15) is 0 Å². The van der Waals surface area contributed by atoms with Gasteiger partial charge >= 0.3 is 0 Å². The molecule has 0 unspecified atom stereocenters. The van der Waals surface area contributed by atoms with Crippen LogP contribution < -0.4 is 5.73 Å². The Hall–Kier alpha value is -1.29. The molecule has 0 radical (unpaired) electrons. The van der Waals surface area contributed by atoms with Crippen molar-refractivity contribution in [1.82, 2.24) is 9.47 Å². The summed E-state index contributed by atoms with van der Waals surface area (Å²) in [5.74, 6) is 0.134. The lowest BCUT2D eigenvalue weighted by Crippen LogP contribution is -2.45. The molecule has 1 aromatic heterocycles. The summed E-state index contributed by atoms with van der Waals surface area (Å²) in [6.45, 7) is 9.90. The summed E-state index contributed by atoms with van der Waals surface area (Å²) in [7, 11) is 0. The topological polar surface area (TPSA) is 51.3 Å². The Morgan fingerprint density at radius 2 is 2.11 bits per heavy atom. The molecule has 106 valence electrons. The summed E-state index contributed by atoms with van der Waals surface area (Å²) in [4.78, 5) is 14.5. The first kappa shape index (κ1) is 14.1. The van der Waals surface area contributed by atoms with Gasteiger partial charge in [0.2, 0.25) is 0 Å². The molecule has 1 saturated heterocycles.